The van der Waals surface area contributed by atoms with Gasteiger partial charge in [0.25, 0.3) is 0 Å². The number of hydrogen-bond donors (Lipinski definition) is 4. The monoisotopic (exact) mass is 321 g/mol. The summed E-state index contributed by atoms with van der Waals surface area (Å²) in [6.07, 6.45) is 3.83. The maximum atomic E-state index is 12.0. The molecular formula is C17H27N3O3. The van der Waals surface area contributed by atoms with Gasteiger partial charge < -0.3 is 21.5 Å². The fourth-order valence-corrected chi connectivity index (χ4v) is 2.27. The van der Waals surface area contributed by atoms with Gasteiger partial charge in [-0.05, 0) is 50.6 Å². The minimum Gasteiger partial charge on any atom is -0.480 e. The number of benzene rings is 1. The van der Waals surface area contributed by atoms with Crippen molar-refractivity contribution in [2.75, 3.05) is 18.4 Å². The number of hydrogen-bond acceptors (Lipinski definition) is 4. The van der Waals surface area contributed by atoms with Crippen LogP contribution in [0.5, 0.6) is 0 Å². The fraction of sp³-hybridized carbons (Fsp3) is 0.529. The van der Waals surface area contributed by atoms with Crippen LogP contribution in [-0.4, -0.2) is 36.1 Å². The number of aliphatic carboxylic acids is 1. The lowest BCUT2D eigenvalue weighted by Gasteiger charge is -2.14. The molecule has 0 fully saturated rings. The van der Waals surface area contributed by atoms with Gasteiger partial charge in [0.15, 0.2) is 0 Å². The number of nitrogens with one attached hydrogen (secondary N) is 2. The van der Waals surface area contributed by atoms with Crippen molar-refractivity contribution < 1.29 is 14.7 Å². The predicted octanol–water partition coefficient (Wildman–Crippen LogP) is 1.89. The third kappa shape index (κ3) is 8.32. The maximum Gasteiger partial charge on any atom is 0.321 e. The van der Waals surface area contributed by atoms with E-state index in [0.717, 1.165) is 31.2 Å². The van der Waals surface area contributed by atoms with Crippen LogP contribution in [0.25, 0.3) is 0 Å². The molecular weight excluding hydrogens is 294 g/mol. The molecule has 0 radical (unpaired) electrons. The lowest BCUT2D eigenvalue weighted by atomic mass is 10.1. The van der Waals surface area contributed by atoms with Gasteiger partial charge in [-0.1, -0.05) is 25.0 Å². The Bertz CT molecular complexity index is 506. The molecule has 0 aliphatic rings. The van der Waals surface area contributed by atoms with Crippen LogP contribution >= 0.6 is 0 Å². The van der Waals surface area contributed by atoms with Gasteiger partial charge in [-0.25, -0.2) is 0 Å². The van der Waals surface area contributed by atoms with E-state index in [1.165, 1.54) is 0 Å². The minimum absolute atomic E-state index is 0.0912. The summed E-state index contributed by atoms with van der Waals surface area (Å²) in [6.45, 7) is 3.20. The van der Waals surface area contributed by atoms with Crippen molar-refractivity contribution in [2.45, 2.75) is 45.1 Å². The van der Waals surface area contributed by atoms with Crippen LogP contribution in [0.4, 0.5) is 5.69 Å². The normalized spacial score (nSPS) is 11.9. The summed E-state index contributed by atoms with van der Waals surface area (Å²) in [4.78, 5) is 23.2. The van der Waals surface area contributed by atoms with Crippen LogP contribution in [0.1, 0.15) is 37.7 Å². The summed E-state index contributed by atoms with van der Waals surface area (Å²) in [5.74, 6) is -1.31. The van der Waals surface area contributed by atoms with E-state index < -0.39 is 12.0 Å². The average molecular weight is 321 g/mol. The van der Waals surface area contributed by atoms with Crippen molar-refractivity contribution in [1.82, 2.24) is 5.32 Å². The molecule has 0 unspecified atom stereocenters. The molecule has 23 heavy (non-hydrogen) atoms. The zero-order chi connectivity index (χ0) is 17.1. The molecule has 0 spiro atoms. The van der Waals surface area contributed by atoms with Gasteiger partial charge in [0.1, 0.15) is 6.04 Å². The summed E-state index contributed by atoms with van der Waals surface area (Å²) in [6, 6.07) is 6.54. The molecule has 0 saturated carbocycles. The molecule has 0 aliphatic carbocycles. The van der Waals surface area contributed by atoms with E-state index >= 15 is 0 Å². The number of rotatable bonds is 11. The predicted molar refractivity (Wildman–Crippen MR) is 91.4 cm³/mol. The van der Waals surface area contributed by atoms with E-state index in [0.29, 0.717) is 18.8 Å². The average Bonchev–Trinajstić information content (AvgIpc) is 2.49. The van der Waals surface area contributed by atoms with Crippen molar-refractivity contribution >= 4 is 17.6 Å². The number of nitrogens with two attached hydrogens (primary N) is 1. The largest absolute Gasteiger partial charge is 0.480 e. The van der Waals surface area contributed by atoms with Crippen molar-refractivity contribution in [3.05, 3.63) is 29.8 Å². The standard InChI is InChI=1S/C17H27N3O3/c1-13-7-6-8-14(11-13)20-16(21)12-15(17(22)23)19-10-5-3-2-4-9-18/h6-8,11,15,19H,2-5,9-10,12,18H2,1H3,(H,20,21)(H,22,23)/t15-/m0/s1. The second kappa shape index (κ2) is 10.7. The van der Waals surface area contributed by atoms with E-state index in [1.54, 1.807) is 6.07 Å². The van der Waals surface area contributed by atoms with E-state index in [4.69, 9.17) is 5.73 Å². The number of aryl methyl sites for hydroxylation is 1. The Labute approximate surface area is 137 Å². The number of carboxylic acids is 1. The smallest absolute Gasteiger partial charge is 0.321 e. The molecule has 1 rings (SSSR count). The highest BCUT2D eigenvalue weighted by Gasteiger charge is 2.20. The van der Waals surface area contributed by atoms with Gasteiger partial charge in [-0.3, -0.25) is 9.59 Å². The molecule has 0 aromatic heterocycles. The molecule has 1 aromatic carbocycles. The molecule has 1 aromatic rings. The lowest BCUT2D eigenvalue weighted by molar-refractivity contribution is -0.141. The Kier molecular flexibility index (Phi) is 8.94. The van der Waals surface area contributed by atoms with Crippen LogP contribution in [0, 0.1) is 6.92 Å². The number of unbranched alkanes of at least 4 members (excludes halogenated alkanes) is 3. The Balaban J connectivity index is 2.36. The zero-order valence-electron chi connectivity index (χ0n) is 13.7. The molecule has 0 saturated heterocycles. The quantitative estimate of drug-likeness (QED) is 0.466. The van der Waals surface area contributed by atoms with E-state index in [2.05, 4.69) is 10.6 Å². The SMILES string of the molecule is Cc1cccc(NC(=O)C[C@H](NCCCCCCN)C(=O)O)c1. The second-order valence-electron chi connectivity index (χ2n) is 5.67. The molecule has 5 N–H and O–H groups in total. The molecule has 0 heterocycles. The fourth-order valence-electron chi connectivity index (χ4n) is 2.27. The molecule has 1 amide bonds. The topological polar surface area (TPSA) is 104 Å². The zero-order valence-corrected chi connectivity index (χ0v) is 13.7. The van der Waals surface area contributed by atoms with Crippen molar-refractivity contribution in [1.29, 1.82) is 0 Å². The van der Waals surface area contributed by atoms with Gasteiger partial charge in [-0.2, -0.15) is 0 Å². The molecule has 6 heteroatoms. The highest BCUT2D eigenvalue weighted by molar-refractivity contribution is 5.94. The first-order valence-corrected chi connectivity index (χ1v) is 8.05. The van der Waals surface area contributed by atoms with Gasteiger partial charge in [0, 0.05) is 5.69 Å². The number of carbonyl (C=O) groups is 2. The Hall–Kier alpha value is -1.92. The highest BCUT2D eigenvalue weighted by Crippen LogP contribution is 2.10. The molecule has 1 atom stereocenters. The van der Waals surface area contributed by atoms with Crippen LogP contribution in [-0.2, 0) is 9.59 Å². The van der Waals surface area contributed by atoms with Gasteiger partial charge in [-0.15, -0.1) is 0 Å². The Morgan fingerprint density at radius 2 is 1.96 bits per heavy atom. The second-order valence-corrected chi connectivity index (χ2v) is 5.67. The molecule has 6 nitrogen and oxygen atoms in total. The summed E-state index contributed by atoms with van der Waals surface area (Å²) in [7, 11) is 0. The number of carbonyl (C=O) groups excluding carboxylic acids is 1. The summed E-state index contributed by atoms with van der Waals surface area (Å²) < 4.78 is 0. The van der Waals surface area contributed by atoms with Crippen molar-refractivity contribution in [3.63, 3.8) is 0 Å². The summed E-state index contributed by atoms with van der Waals surface area (Å²) in [5, 5.41) is 14.9. The van der Waals surface area contributed by atoms with Gasteiger partial charge in [0.2, 0.25) is 5.91 Å². The Morgan fingerprint density at radius 1 is 1.22 bits per heavy atom. The van der Waals surface area contributed by atoms with E-state index in [1.807, 2.05) is 25.1 Å². The minimum atomic E-state index is -1.01. The van der Waals surface area contributed by atoms with Crippen molar-refractivity contribution in [2.24, 2.45) is 5.73 Å². The maximum absolute atomic E-state index is 12.0. The molecule has 128 valence electrons. The number of carboxylic acid groups (broad SMARTS) is 1. The number of anilines is 1. The third-order valence-corrected chi connectivity index (χ3v) is 3.51. The first-order chi connectivity index (χ1) is 11.0. The van der Waals surface area contributed by atoms with Crippen molar-refractivity contribution in [3.8, 4) is 0 Å². The van der Waals surface area contributed by atoms with Gasteiger partial charge >= 0.3 is 5.97 Å². The van der Waals surface area contributed by atoms with Gasteiger partial charge in [0.05, 0.1) is 6.42 Å². The highest BCUT2D eigenvalue weighted by atomic mass is 16.4. The first-order valence-electron chi connectivity index (χ1n) is 8.05. The van der Waals surface area contributed by atoms with Crippen LogP contribution in [0.2, 0.25) is 0 Å². The van der Waals surface area contributed by atoms with E-state index in [9.17, 15) is 14.7 Å². The summed E-state index contributed by atoms with van der Waals surface area (Å²) >= 11 is 0. The lowest BCUT2D eigenvalue weighted by Crippen LogP contribution is -2.40. The summed E-state index contributed by atoms with van der Waals surface area (Å²) in [5.41, 5.74) is 7.14. The van der Waals surface area contributed by atoms with Crippen LogP contribution in [0.15, 0.2) is 24.3 Å². The molecule has 0 bridgehead atoms. The van der Waals surface area contributed by atoms with E-state index in [-0.39, 0.29) is 12.3 Å². The van der Waals surface area contributed by atoms with Crippen LogP contribution < -0.4 is 16.4 Å². The third-order valence-electron chi connectivity index (χ3n) is 3.51. The first kappa shape index (κ1) is 19.1. The number of amides is 1. The molecule has 0 aliphatic heterocycles. The van der Waals surface area contributed by atoms with Crippen LogP contribution in [0.3, 0.4) is 0 Å². The Morgan fingerprint density at radius 3 is 2.61 bits per heavy atom.